The first-order valence-electron chi connectivity index (χ1n) is 13.1. The van der Waals surface area contributed by atoms with Crippen LogP contribution in [0.2, 0.25) is 0 Å². The summed E-state index contributed by atoms with van der Waals surface area (Å²) in [5.74, 6) is -1.94. The number of rotatable bonds is 8. The molecule has 1 atom stereocenters. The van der Waals surface area contributed by atoms with E-state index in [-0.39, 0.29) is 24.6 Å². The Labute approximate surface area is 219 Å². The summed E-state index contributed by atoms with van der Waals surface area (Å²) in [4.78, 5) is 30.7. The highest BCUT2D eigenvalue weighted by Crippen LogP contribution is 2.39. The van der Waals surface area contributed by atoms with Crippen LogP contribution >= 0.6 is 0 Å². The van der Waals surface area contributed by atoms with Crippen molar-refractivity contribution < 1.29 is 28.6 Å². The van der Waals surface area contributed by atoms with Crippen molar-refractivity contribution in [1.29, 1.82) is 0 Å². The summed E-state index contributed by atoms with van der Waals surface area (Å²) in [5.41, 5.74) is 0.657. The fourth-order valence-electron chi connectivity index (χ4n) is 5.17. The maximum Gasteiger partial charge on any atom is 0.303 e. The predicted octanol–water partition coefficient (Wildman–Crippen LogP) is 5.01. The molecular weight excluding hydrogens is 498 g/mol. The summed E-state index contributed by atoms with van der Waals surface area (Å²) in [6.45, 7) is 0. The SMILES string of the molecule is Fc1cccc(F)c1NC1Nc2cnc(NC3CCCCC3)nc2N1C1CCCC1.O=C(O)CCC(=O)O. The van der Waals surface area contributed by atoms with Crippen molar-refractivity contribution in [3.8, 4) is 0 Å². The fraction of sp³-hybridized carbons (Fsp3) is 0.538. The molecule has 1 aliphatic heterocycles. The Balaban J connectivity index is 0.000000368. The van der Waals surface area contributed by atoms with Crippen LogP contribution in [0.25, 0.3) is 0 Å². The first-order chi connectivity index (χ1) is 18.3. The number of hydrogen-bond donors (Lipinski definition) is 5. The van der Waals surface area contributed by atoms with Gasteiger partial charge in [-0.05, 0) is 37.8 Å². The molecular formula is C26H34F2N6O4. The molecule has 1 aromatic heterocycles. The number of para-hydroxylation sites is 1. The molecule has 1 aromatic carbocycles. The van der Waals surface area contributed by atoms with Crippen LogP contribution < -0.4 is 20.9 Å². The van der Waals surface area contributed by atoms with Gasteiger partial charge in [-0.2, -0.15) is 4.98 Å². The lowest BCUT2D eigenvalue weighted by atomic mass is 9.96. The Hall–Kier alpha value is -3.70. The molecule has 0 amide bonds. The van der Waals surface area contributed by atoms with E-state index in [1.54, 1.807) is 6.20 Å². The van der Waals surface area contributed by atoms with Gasteiger partial charge in [0, 0.05) is 12.1 Å². The summed E-state index contributed by atoms with van der Waals surface area (Å²) in [6, 6.07) is 4.57. The zero-order valence-corrected chi connectivity index (χ0v) is 21.1. The number of hydrogen-bond acceptors (Lipinski definition) is 8. The normalized spacial score (nSPS) is 19.2. The van der Waals surface area contributed by atoms with Crippen LogP contribution in [0.5, 0.6) is 0 Å². The molecule has 0 radical (unpaired) electrons. The van der Waals surface area contributed by atoms with Crippen molar-refractivity contribution in [1.82, 2.24) is 9.97 Å². The average molecular weight is 533 g/mol. The number of benzene rings is 1. The zero-order valence-electron chi connectivity index (χ0n) is 21.1. The third-order valence-electron chi connectivity index (χ3n) is 7.04. The molecule has 2 fully saturated rings. The molecule has 3 aliphatic rings. The lowest BCUT2D eigenvalue weighted by molar-refractivity contribution is -0.143. The monoisotopic (exact) mass is 532 g/mol. The first-order valence-corrected chi connectivity index (χ1v) is 13.1. The number of fused-ring (bicyclic) bond motifs is 1. The topological polar surface area (TPSA) is 140 Å². The predicted molar refractivity (Wildman–Crippen MR) is 139 cm³/mol. The summed E-state index contributed by atoms with van der Waals surface area (Å²) in [6.07, 6.45) is 11.1. The van der Waals surface area contributed by atoms with Crippen LogP contribution in [-0.2, 0) is 9.59 Å². The van der Waals surface area contributed by atoms with E-state index in [0.29, 0.717) is 12.0 Å². The highest BCUT2D eigenvalue weighted by molar-refractivity contribution is 5.75. The fourth-order valence-corrected chi connectivity index (χ4v) is 5.17. The number of carboxylic acid groups (broad SMARTS) is 2. The number of aliphatic carboxylic acids is 2. The van der Waals surface area contributed by atoms with Gasteiger partial charge >= 0.3 is 11.9 Å². The molecule has 1 unspecified atom stereocenters. The minimum atomic E-state index is -1.08. The maximum atomic E-state index is 14.3. The Morgan fingerprint density at radius 2 is 1.55 bits per heavy atom. The molecule has 0 spiro atoms. The number of nitrogens with zero attached hydrogens (tertiary/aromatic N) is 3. The zero-order chi connectivity index (χ0) is 27.1. The quantitative estimate of drug-likeness (QED) is 0.315. The van der Waals surface area contributed by atoms with Gasteiger partial charge in [0.05, 0.1) is 24.7 Å². The molecule has 12 heteroatoms. The van der Waals surface area contributed by atoms with E-state index < -0.39 is 29.9 Å². The minimum Gasteiger partial charge on any atom is -0.481 e. The Morgan fingerprint density at radius 3 is 2.16 bits per heavy atom. The molecule has 206 valence electrons. The number of anilines is 4. The van der Waals surface area contributed by atoms with Crippen molar-refractivity contribution in [2.75, 3.05) is 20.9 Å². The van der Waals surface area contributed by atoms with Crippen molar-refractivity contribution >= 4 is 35.1 Å². The number of carboxylic acids is 2. The van der Waals surface area contributed by atoms with Crippen molar-refractivity contribution in [2.45, 2.75) is 89.0 Å². The van der Waals surface area contributed by atoms with Gasteiger partial charge in [-0.25, -0.2) is 13.8 Å². The van der Waals surface area contributed by atoms with Crippen LogP contribution in [0.4, 0.5) is 31.9 Å². The summed E-state index contributed by atoms with van der Waals surface area (Å²) >= 11 is 0. The molecule has 5 rings (SSSR count). The lowest BCUT2D eigenvalue weighted by Gasteiger charge is -2.33. The molecule has 5 N–H and O–H groups in total. The van der Waals surface area contributed by atoms with Crippen LogP contribution in [0.15, 0.2) is 24.4 Å². The second kappa shape index (κ2) is 12.7. The highest BCUT2D eigenvalue weighted by atomic mass is 19.1. The van der Waals surface area contributed by atoms with E-state index >= 15 is 0 Å². The molecule has 2 heterocycles. The van der Waals surface area contributed by atoms with Crippen LogP contribution in [0, 0.1) is 11.6 Å². The summed E-state index contributed by atoms with van der Waals surface area (Å²) < 4.78 is 28.5. The molecule has 38 heavy (non-hydrogen) atoms. The third kappa shape index (κ3) is 6.99. The van der Waals surface area contributed by atoms with Crippen molar-refractivity contribution in [2.24, 2.45) is 0 Å². The van der Waals surface area contributed by atoms with Gasteiger partial charge < -0.3 is 31.1 Å². The number of carbonyl (C=O) groups is 2. The number of halogens is 2. The van der Waals surface area contributed by atoms with E-state index in [9.17, 15) is 18.4 Å². The number of aromatic nitrogens is 2. The van der Waals surface area contributed by atoms with Gasteiger partial charge in [0.25, 0.3) is 0 Å². The average Bonchev–Trinajstić information content (AvgIpc) is 3.53. The minimum absolute atomic E-state index is 0.126. The molecule has 0 bridgehead atoms. The second-order valence-corrected chi connectivity index (χ2v) is 9.83. The van der Waals surface area contributed by atoms with Crippen LogP contribution in [0.1, 0.15) is 70.6 Å². The smallest absolute Gasteiger partial charge is 0.303 e. The van der Waals surface area contributed by atoms with E-state index in [1.165, 1.54) is 37.5 Å². The standard InChI is InChI=1S/C22H28F2N6.C4H6O4/c23-16-11-6-12-17(24)19(16)28-22-27-18-13-25-21(26-14-7-2-1-3-8-14)29-20(18)30(22)15-9-4-5-10-15;5-3(6)1-2-4(7)8/h6,11-15,22,27-28H,1-5,7-10H2,(H,25,26,29);1-2H2,(H,5,6)(H,7,8). The Bertz CT molecular complexity index is 1090. The number of nitrogens with one attached hydrogen (secondary N) is 3. The van der Waals surface area contributed by atoms with E-state index in [1.807, 2.05) is 0 Å². The molecule has 2 aliphatic carbocycles. The second-order valence-electron chi connectivity index (χ2n) is 9.83. The Morgan fingerprint density at radius 1 is 0.947 bits per heavy atom. The maximum absolute atomic E-state index is 14.3. The molecule has 10 nitrogen and oxygen atoms in total. The van der Waals surface area contributed by atoms with Gasteiger partial charge in [-0.3, -0.25) is 9.59 Å². The third-order valence-corrected chi connectivity index (χ3v) is 7.04. The molecule has 2 aromatic rings. The van der Waals surface area contributed by atoms with Crippen LogP contribution in [-0.4, -0.2) is 50.5 Å². The van der Waals surface area contributed by atoms with E-state index in [2.05, 4.69) is 25.8 Å². The van der Waals surface area contributed by atoms with Gasteiger partial charge in [-0.1, -0.05) is 38.2 Å². The lowest BCUT2D eigenvalue weighted by Crippen LogP contribution is -2.47. The van der Waals surface area contributed by atoms with Gasteiger partial charge in [0.2, 0.25) is 5.95 Å². The van der Waals surface area contributed by atoms with Crippen molar-refractivity contribution in [3.63, 3.8) is 0 Å². The van der Waals surface area contributed by atoms with Gasteiger partial charge in [0.15, 0.2) is 12.1 Å². The Kier molecular flexibility index (Phi) is 9.14. The summed E-state index contributed by atoms with van der Waals surface area (Å²) in [5, 5.41) is 25.6. The van der Waals surface area contributed by atoms with Gasteiger partial charge in [-0.15, -0.1) is 0 Å². The molecule has 0 saturated heterocycles. The summed E-state index contributed by atoms with van der Waals surface area (Å²) in [7, 11) is 0. The van der Waals surface area contributed by atoms with E-state index in [0.717, 1.165) is 50.0 Å². The van der Waals surface area contributed by atoms with Crippen molar-refractivity contribution in [3.05, 3.63) is 36.0 Å². The first kappa shape index (κ1) is 27.3. The molecule has 2 saturated carbocycles. The largest absolute Gasteiger partial charge is 0.481 e. The van der Waals surface area contributed by atoms with Crippen LogP contribution in [0.3, 0.4) is 0 Å². The highest BCUT2D eigenvalue weighted by Gasteiger charge is 2.38. The van der Waals surface area contributed by atoms with Gasteiger partial charge in [0.1, 0.15) is 17.3 Å². The van der Waals surface area contributed by atoms with E-state index in [4.69, 9.17) is 15.2 Å².